The molecule has 1 aromatic carbocycles. The topological polar surface area (TPSA) is 57.6 Å². The van der Waals surface area contributed by atoms with Crippen molar-refractivity contribution in [3.63, 3.8) is 0 Å². The number of piperidine rings is 1. The summed E-state index contributed by atoms with van der Waals surface area (Å²) in [7, 11) is 0. The van der Waals surface area contributed by atoms with Gasteiger partial charge >= 0.3 is 5.97 Å². The standard InChI is InChI=1S/C13H13Cl2NO3/c14-9-1-2-10(11(15)7-9)12(17)16-5-3-8(4-6-16)13(18)19/h1-2,7-8H,3-6H2,(H,18,19). The van der Waals surface area contributed by atoms with Gasteiger partial charge in [-0.1, -0.05) is 23.2 Å². The molecule has 0 unspecified atom stereocenters. The molecule has 1 saturated heterocycles. The lowest BCUT2D eigenvalue weighted by Crippen LogP contribution is -2.40. The maximum absolute atomic E-state index is 12.3. The van der Waals surface area contributed by atoms with Crippen LogP contribution < -0.4 is 0 Å². The van der Waals surface area contributed by atoms with Crippen LogP contribution in [0.4, 0.5) is 0 Å². The maximum Gasteiger partial charge on any atom is 0.306 e. The Labute approximate surface area is 120 Å². The Morgan fingerprint density at radius 1 is 1.21 bits per heavy atom. The Morgan fingerprint density at radius 2 is 1.84 bits per heavy atom. The van der Waals surface area contributed by atoms with E-state index in [1.807, 2.05) is 0 Å². The highest BCUT2D eigenvalue weighted by molar-refractivity contribution is 6.36. The van der Waals surface area contributed by atoms with Crippen molar-refractivity contribution in [2.45, 2.75) is 12.8 Å². The molecule has 1 aliphatic heterocycles. The largest absolute Gasteiger partial charge is 0.481 e. The molecule has 4 nitrogen and oxygen atoms in total. The van der Waals surface area contributed by atoms with Crippen molar-refractivity contribution in [3.05, 3.63) is 33.8 Å². The molecule has 0 radical (unpaired) electrons. The van der Waals surface area contributed by atoms with Crippen LogP contribution in [0.3, 0.4) is 0 Å². The van der Waals surface area contributed by atoms with Crippen LogP contribution in [0.5, 0.6) is 0 Å². The summed E-state index contributed by atoms with van der Waals surface area (Å²) in [6, 6.07) is 4.74. The first-order chi connectivity index (χ1) is 8.99. The summed E-state index contributed by atoms with van der Waals surface area (Å²) in [5.41, 5.74) is 0.403. The summed E-state index contributed by atoms with van der Waals surface area (Å²) in [5.74, 6) is -1.33. The predicted octanol–water partition coefficient (Wildman–Crippen LogP) is 2.93. The van der Waals surface area contributed by atoms with Crippen LogP contribution >= 0.6 is 23.2 Å². The number of aliphatic carboxylic acids is 1. The number of carboxylic acids is 1. The van der Waals surface area contributed by atoms with Crippen molar-refractivity contribution in [2.24, 2.45) is 5.92 Å². The lowest BCUT2D eigenvalue weighted by atomic mass is 9.96. The number of hydrogen-bond donors (Lipinski definition) is 1. The molecule has 0 aromatic heterocycles. The number of rotatable bonds is 2. The molecule has 0 atom stereocenters. The van der Waals surface area contributed by atoms with E-state index in [4.69, 9.17) is 28.3 Å². The van der Waals surface area contributed by atoms with Gasteiger partial charge in [0.2, 0.25) is 0 Å². The minimum Gasteiger partial charge on any atom is -0.481 e. The number of benzene rings is 1. The van der Waals surface area contributed by atoms with E-state index in [1.165, 1.54) is 6.07 Å². The van der Waals surface area contributed by atoms with Gasteiger partial charge in [-0.2, -0.15) is 0 Å². The molecular weight excluding hydrogens is 289 g/mol. The molecule has 19 heavy (non-hydrogen) atoms. The van der Waals surface area contributed by atoms with E-state index in [0.717, 1.165) is 0 Å². The van der Waals surface area contributed by atoms with E-state index in [2.05, 4.69) is 0 Å². The van der Waals surface area contributed by atoms with Crippen molar-refractivity contribution >= 4 is 35.1 Å². The van der Waals surface area contributed by atoms with Gasteiger partial charge in [0.1, 0.15) is 0 Å². The second-order valence-corrected chi connectivity index (χ2v) is 5.37. The van der Waals surface area contributed by atoms with Gasteiger partial charge in [-0.3, -0.25) is 9.59 Å². The summed E-state index contributed by atoms with van der Waals surface area (Å²) in [5, 5.41) is 9.71. The molecule has 1 fully saturated rings. The van der Waals surface area contributed by atoms with E-state index in [-0.39, 0.29) is 11.8 Å². The Bertz CT molecular complexity index is 511. The van der Waals surface area contributed by atoms with Gasteiger partial charge in [-0.05, 0) is 31.0 Å². The predicted molar refractivity (Wildman–Crippen MR) is 72.7 cm³/mol. The molecule has 0 saturated carbocycles. The Hall–Kier alpha value is -1.26. The number of carboxylic acid groups (broad SMARTS) is 1. The highest BCUT2D eigenvalue weighted by Crippen LogP contribution is 2.25. The van der Waals surface area contributed by atoms with Gasteiger partial charge in [0.15, 0.2) is 0 Å². The van der Waals surface area contributed by atoms with Crippen molar-refractivity contribution in [1.82, 2.24) is 4.90 Å². The fraction of sp³-hybridized carbons (Fsp3) is 0.385. The Morgan fingerprint density at radius 3 is 2.37 bits per heavy atom. The molecule has 2 rings (SSSR count). The van der Waals surface area contributed by atoms with E-state index in [9.17, 15) is 9.59 Å². The van der Waals surface area contributed by atoms with Gasteiger partial charge in [0, 0.05) is 18.1 Å². The molecular formula is C13H13Cl2NO3. The monoisotopic (exact) mass is 301 g/mol. The first-order valence-corrected chi connectivity index (χ1v) is 6.72. The van der Waals surface area contributed by atoms with Crippen LogP contribution in [-0.4, -0.2) is 35.0 Å². The number of likely N-dealkylation sites (tertiary alicyclic amines) is 1. The van der Waals surface area contributed by atoms with Crippen molar-refractivity contribution in [1.29, 1.82) is 0 Å². The summed E-state index contributed by atoms with van der Waals surface area (Å²) in [4.78, 5) is 24.7. The van der Waals surface area contributed by atoms with E-state index >= 15 is 0 Å². The second kappa shape index (κ2) is 5.80. The molecule has 1 aliphatic rings. The summed E-state index contributed by atoms with van der Waals surface area (Å²) in [6.45, 7) is 0.878. The molecule has 102 valence electrons. The van der Waals surface area contributed by atoms with Gasteiger partial charge in [0.25, 0.3) is 5.91 Å². The van der Waals surface area contributed by atoms with Gasteiger partial charge < -0.3 is 10.0 Å². The normalized spacial score (nSPS) is 16.4. The van der Waals surface area contributed by atoms with E-state index in [0.29, 0.717) is 41.5 Å². The number of nitrogens with zero attached hydrogens (tertiary/aromatic N) is 1. The zero-order valence-electron chi connectivity index (χ0n) is 10.1. The average molecular weight is 302 g/mol. The zero-order valence-corrected chi connectivity index (χ0v) is 11.6. The third-order valence-electron chi connectivity index (χ3n) is 3.29. The van der Waals surface area contributed by atoms with Crippen molar-refractivity contribution in [3.8, 4) is 0 Å². The second-order valence-electron chi connectivity index (χ2n) is 4.53. The fourth-order valence-corrected chi connectivity index (χ4v) is 2.65. The molecule has 1 aromatic rings. The van der Waals surface area contributed by atoms with Crippen LogP contribution in [0, 0.1) is 5.92 Å². The number of carbonyl (C=O) groups is 2. The number of hydrogen-bond acceptors (Lipinski definition) is 2. The minimum atomic E-state index is -0.795. The Kier molecular flexibility index (Phi) is 4.32. The highest BCUT2D eigenvalue weighted by Gasteiger charge is 2.28. The lowest BCUT2D eigenvalue weighted by molar-refractivity contribution is -0.143. The van der Waals surface area contributed by atoms with Crippen LogP contribution in [0.1, 0.15) is 23.2 Å². The third kappa shape index (κ3) is 3.19. The number of amides is 1. The minimum absolute atomic E-state index is 0.175. The molecule has 1 heterocycles. The summed E-state index contributed by atoms with van der Waals surface area (Å²) >= 11 is 11.8. The number of carbonyl (C=O) groups excluding carboxylic acids is 1. The maximum atomic E-state index is 12.3. The van der Waals surface area contributed by atoms with Crippen LogP contribution in [0.15, 0.2) is 18.2 Å². The SMILES string of the molecule is O=C(O)C1CCN(C(=O)c2ccc(Cl)cc2Cl)CC1. The van der Waals surface area contributed by atoms with Gasteiger partial charge in [-0.25, -0.2) is 0 Å². The van der Waals surface area contributed by atoms with Crippen LogP contribution in [-0.2, 0) is 4.79 Å². The smallest absolute Gasteiger partial charge is 0.306 e. The molecule has 1 amide bonds. The molecule has 6 heteroatoms. The highest BCUT2D eigenvalue weighted by atomic mass is 35.5. The zero-order chi connectivity index (χ0) is 14.0. The molecule has 0 aliphatic carbocycles. The first-order valence-electron chi connectivity index (χ1n) is 5.96. The fourth-order valence-electron chi connectivity index (χ4n) is 2.16. The van der Waals surface area contributed by atoms with E-state index < -0.39 is 5.97 Å². The van der Waals surface area contributed by atoms with Crippen LogP contribution in [0.2, 0.25) is 10.0 Å². The molecule has 0 bridgehead atoms. The molecule has 0 spiro atoms. The average Bonchev–Trinajstić information content (AvgIpc) is 2.38. The number of halogens is 2. The Balaban J connectivity index is 2.07. The lowest BCUT2D eigenvalue weighted by Gasteiger charge is -2.30. The third-order valence-corrected chi connectivity index (χ3v) is 3.84. The molecule has 1 N–H and O–H groups in total. The van der Waals surface area contributed by atoms with Gasteiger partial charge in [-0.15, -0.1) is 0 Å². The van der Waals surface area contributed by atoms with Crippen LogP contribution in [0.25, 0.3) is 0 Å². The van der Waals surface area contributed by atoms with Crippen molar-refractivity contribution < 1.29 is 14.7 Å². The summed E-state index contributed by atoms with van der Waals surface area (Å²) < 4.78 is 0. The summed E-state index contributed by atoms with van der Waals surface area (Å²) in [6.07, 6.45) is 0.957. The first kappa shape index (κ1) is 14.2. The van der Waals surface area contributed by atoms with E-state index in [1.54, 1.807) is 17.0 Å². The van der Waals surface area contributed by atoms with Crippen molar-refractivity contribution in [2.75, 3.05) is 13.1 Å². The van der Waals surface area contributed by atoms with Gasteiger partial charge in [0.05, 0.1) is 16.5 Å². The quantitative estimate of drug-likeness (QED) is 0.914.